The number of amides is 1. The number of carboxylic acids is 1. The lowest BCUT2D eigenvalue weighted by molar-refractivity contribution is -0.385. The lowest BCUT2D eigenvalue weighted by atomic mass is 9.93. The number of carboxylic acid groups (broad SMARTS) is 1. The molecule has 9 nitrogen and oxygen atoms in total. The van der Waals surface area contributed by atoms with Gasteiger partial charge in [0.05, 0.1) is 4.92 Å². The number of benzene rings is 1. The van der Waals surface area contributed by atoms with Crippen LogP contribution in [0, 0.1) is 10.1 Å². The van der Waals surface area contributed by atoms with Gasteiger partial charge in [-0.2, -0.15) is 0 Å². The van der Waals surface area contributed by atoms with E-state index in [1.54, 1.807) is 14.2 Å². The number of ether oxygens (including phenoxy) is 1. The molecule has 22 heavy (non-hydrogen) atoms. The number of nitro benzene ring substituents is 1. The van der Waals surface area contributed by atoms with Crippen LogP contribution in [-0.4, -0.2) is 47.3 Å². The molecule has 0 fully saturated rings. The number of nitrogens with zero attached hydrogens (tertiary/aromatic N) is 1. The van der Waals surface area contributed by atoms with Gasteiger partial charge in [0.15, 0.2) is 5.75 Å². The first-order valence-corrected chi connectivity index (χ1v) is 6.03. The molecule has 1 atom stereocenters. The average molecular weight is 314 g/mol. The van der Waals surface area contributed by atoms with E-state index in [4.69, 9.17) is 5.11 Å². The fourth-order valence-corrected chi connectivity index (χ4v) is 1.56. The zero-order valence-corrected chi connectivity index (χ0v) is 12.4. The Morgan fingerprint density at radius 2 is 2.05 bits per heavy atom. The van der Waals surface area contributed by atoms with Crippen molar-refractivity contribution in [3.8, 4) is 5.75 Å². The molecule has 1 aromatic carbocycles. The molecule has 3 N–H and O–H groups in total. The Balaban J connectivity index is 0.00000135. The van der Waals surface area contributed by atoms with Crippen molar-refractivity contribution < 1.29 is 29.5 Å². The van der Waals surface area contributed by atoms with Gasteiger partial charge < -0.3 is 20.3 Å². The lowest BCUT2D eigenvalue weighted by Crippen LogP contribution is -2.50. The third kappa shape index (κ3) is 5.37. The number of rotatable bonds is 6. The highest BCUT2D eigenvalue weighted by Crippen LogP contribution is 2.27. The summed E-state index contributed by atoms with van der Waals surface area (Å²) in [6.07, 6.45) is 0.145. The first kappa shape index (κ1) is 19.3. The molecule has 1 rings (SSSR count). The predicted molar refractivity (Wildman–Crippen MR) is 76.6 cm³/mol. The minimum Gasteiger partial charge on any atom is -0.502 e. The molecule has 0 aliphatic rings. The molecule has 0 saturated carbocycles. The number of hydrogen-bond donors (Lipinski definition) is 3. The van der Waals surface area contributed by atoms with Crippen molar-refractivity contribution >= 4 is 18.1 Å². The van der Waals surface area contributed by atoms with Gasteiger partial charge in [0.1, 0.15) is 5.54 Å². The molecule has 0 bridgehead atoms. The van der Waals surface area contributed by atoms with E-state index in [1.807, 2.05) is 0 Å². The van der Waals surface area contributed by atoms with Gasteiger partial charge >= 0.3 is 11.7 Å². The maximum absolute atomic E-state index is 11.1. The van der Waals surface area contributed by atoms with Crippen LogP contribution in [0.3, 0.4) is 0 Å². The summed E-state index contributed by atoms with van der Waals surface area (Å²) in [5, 5.41) is 31.2. The summed E-state index contributed by atoms with van der Waals surface area (Å²) in [5.74, 6) is -1.81. The highest BCUT2D eigenvalue weighted by atomic mass is 16.6. The van der Waals surface area contributed by atoms with Crippen molar-refractivity contribution in [3.05, 3.63) is 33.9 Å². The highest BCUT2D eigenvalue weighted by Gasteiger charge is 2.33. The molecule has 0 saturated heterocycles. The Bertz CT molecular complexity index is 547. The molecular weight excluding hydrogens is 296 g/mol. The number of nitro groups is 1. The Labute approximate surface area is 126 Å². The van der Waals surface area contributed by atoms with Gasteiger partial charge in [0.2, 0.25) is 6.41 Å². The largest absolute Gasteiger partial charge is 0.502 e. The zero-order valence-electron chi connectivity index (χ0n) is 12.4. The first-order valence-electron chi connectivity index (χ1n) is 6.03. The maximum atomic E-state index is 11.1. The number of phenolic OH excluding ortho intramolecular Hbond substituents is 1. The average Bonchev–Trinajstić information content (AvgIpc) is 2.39. The van der Waals surface area contributed by atoms with Crippen molar-refractivity contribution in [1.29, 1.82) is 0 Å². The predicted octanol–water partition coefficient (Wildman–Crippen LogP) is 0.695. The molecule has 0 aliphatic heterocycles. The standard InChI is InChI=1S/C11H12N2O6.C2H6O/c1-11(10(16)17,12-6-14)5-7-2-3-8(13(18)19)9(15)4-7;1-3-2/h2-4,6,15H,5H2,1H3,(H,12,14)(H,16,17);1-2H3/t11-;/m1./s1. The fourth-order valence-electron chi connectivity index (χ4n) is 1.56. The van der Waals surface area contributed by atoms with Gasteiger partial charge in [-0.05, 0) is 18.6 Å². The number of methoxy groups -OCH3 is 1. The Morgan fingerprint density at radius 1 is 1.50 bits per heavy atom. The van der Waals surface area contributed by atoms with E-state index in [0.717, 1.165) is 12.1 Å². The third-order valence-electron chi connectivity index (χ3n) is 2.64. The minimum atomic E-state index is -1.55. The van der Waals surface area contributed by atoms with Crippen LogP contribution in [0.1, 0.15) is 12.5 Å². The highest BCUT2D eigenvalue weighted by molar-refractivity contribution is 5.81. The lowest BCUT2D eigenvalue weighted by Gasteiger charge is -2.23. The van der Waals surface area contributed by atoms with E-state index in [0.29, 0.717) is 5.56 Å². The number of nitrogens with one attached hydrogen (secondary N) is 1. The van der Waals surface area contributed by atoms with Crippen molar-refractivity contribution in [2.24, 2.45) is 0 Å². The summed E-state index contributed by atoms with van der Waals surface area (Å²) in [5.41, 5.74) is -1.67. The van der Waals surface area contributed by atoms with Gasteiger partial charge in [-0.25, -0.2) is 4.79 Å². The first-order chi connectivity index (χ1) is 10.2. The Kier molecular flexibility index (Phi) is 7.53. The molecule has 0 unspecified atom stereocenters. The quantitative estimate of drug-likeness (QED) is 0.399. The summed E-state index contributed by atoms with van der Waals surface area (Å²) < 4.78 is 4.25. The van der Waals surface area contributed by atoms with Crippen molar-refractivity contribution in [1.82, 2.24) is 5.32 Å². The van der Waals surface area contributed by atoms with Crippen molar-refractivity contribution in [3.63, 3.8) is 0 Å². The summed E-state index contributed by atoms with van der Waals surface area (Å²) in [4.78, 5) is 31.3. The number of carbonyl (C=O) groups is 2. The number of carbonyl (C=O) groups excluding carboxylic acids is 1. The normalized spacial score (nSPS) is 12.3. The molecule has 1 aromatic rings. The van der Waals surface area contributed by atoms with Crippen LogP contribution in [-0.2, 0) is 20.7 Å². The van der Waals surface area contributed by atoms with Crippen LogP contribution >= 0.6 is 0 Å². The smallest absolute Gasteiger partial charge is 0.329 e. The van der Waals surface area contributed by atoms with Crippen LogP contribution in [0.5, 0.6) is 5.75 Å². The van der Waals surface area contributed by atoms with Gasteiger partial charge in [-0.1, -0.05) is 6.07 Å². The molecule has 0 radical (unpaired) electrons. The van der Waals surface area contributed by atoms with E-state index in [2.05, 4.69) is 10.1 Å². The third-order valence-corrected chi connectivity index (χ3v) is 2.64. The van der Waals surface area contributed by atoms with E-state index >= 15 is 0 Å². The Hall–Kier alpha value is -2.68. The number of phenols is 1. The van der Waals surface area contributed by atoms with Crippen LogP contribution in [0.25, 0.3) is 0 Å². The van der Waals surface area contributed by atoms with Gasteiger partial charge in [-0.3, -0.25) is 14.9 Å². The van der Waals surface area contributed by atoms with Crippen LogP contribution in [0.2, 0.25) is 0 Å². The molecular formula is C13H18N2O7. The van der Waals surface area contributed by atoms with E-state index in [9.17, 15) is 24.8 Å². The number of aliphatic carboxylic acids is 1. The summed E-state index contributed by atoms with van der Waals surface area (Å²) >= 11 is 0. The molecule has 122 valence electrons. The van der Waals surface area contributed by atoms with Gasteiger partial charge in [0, 0.05) is 26.7 Å². The molecule has 0 aliphatic carbocycles. The van der Waals surface area contributed by atoms with Crippen molar-refractivity contribution in [2.75, 3.05) is 14.2 Å². The second-order valence-corrected chi connectivity index (χ2v) is 4.56. The SMILES string of the molecule is COC.C[C@](Cc1ccc([N+](=O)[O-])c(O)c1)(NC=O)C(=O)O. The van der Waals surface area contributed by atoms with Crippen LogP contribution in [0.15, 0.2) is 18.2 Å². The summed E-state index contributed by atoms with van der Waals surface area (Å²) in [7, 11) is 3.25. The second kappa shape index (κ2) is 8.57. The molecule has 0 spiro atoms. The molecule has 9 heteroatoms. The number of aromatic hydroxyl groups is 1. The van der Waals surface area contributed by atoms with Gasteiger partial charge in [-0.15, -0.1) is 0 Å². The van der Waals surface area contributed by atoms with Crippen LogP contribution in [0.4, 0.5) is 5.69 Å². The zero-order chi connectivity index (χ0) is 17.3. The molecule has 0 aromatic heterocycles. The summed E-state index contributed by atoms with van der Waals surface area (Å²) in [6.45, 7) is 1.29. The second-order valence-electron chi connectivity index (χ2n) is 4.56. The van der Waals surface area contributed by atoms with E-state index < -0.39 is 27.9 Å². The maximum Gasteiger partial charge on any atom is 0.329 e. The van der Waals surface area contributed by atoms with Gasteiger partial charge in [0.25, 0.3) is 0 Å². The fraction of sp³-hybridized carbons (Fsp3) is 0.385. The topological polar surface area (TPSA) is 139 Å². The van der Waals surface area contributed by atoms with E-state index in [1.165, 1.54) is 13.0 Å². The van der Waals surface area contributed by atoms with Crippen molar-refractivity contribution in [2.45, 2.75) is 18.9 Å². The Morgan fingerprint density at radius 3 is 2.41 bits per heavy atom. The molecule has 1 amide bonds. The monoisotopic (exact) mass is 314 g/mol. The summed E-state index contributed by atoms with van der Waals surface area (Å²) in [6, 6.07) is 3.51. The number of hydrogen-bond acceptors (Lipinski definition) is 6. The minimum absolute atomic E-state index is 0.118. The van der Waals surface area contributed by atoms with E-state index in [-0.39, 0.29) is 12.8 Å². The van der Waals surface area contributed by atoms with Crippen LogP contribution < -0.4 is 5.32 Å². The molecule has 0 heterocycles.